The van der Waals surface area contributed by atoms with Gasteiger partial charge in [-0.15, -0.1) is 0 Å². The quantitative estimate of drug-likeness (QED) is 0.885. The zero-order chi connectivity index (χ0) is 13.3. The van der Waals surface area contributed by atoms with Crippen molar-refractivity contribution < 1.29 is 5.11 Å². The molecule has 0 bridgehead atoms. The van der Waals surface area contributed by atoms with E-state index < -0.39 is 5.60 Å². The number of rotatable bonds is 4. The molecule has 0 amide bonds. The summed E-state index contributed by atoms with van der Waals surface area (Å²) in [5.74, 6) is 0. The summed E-state index contributed by atoms with van der Waals surface area (Å²) in [6.07, 6.45) is 0.602. The maximum Gasteiger partial charge on any atom is 0.130 e. The van der Waals surface area contributed by atoms with E-state index in [0.29, 0.717) is 40.1 Å². The zero-order valence-corrected chi connectivity index (χ0v) is 12.3. The Morgan fingerprint density at radius 3 is 2.61 bits per heavy atom. The first-order valence-corrected chi connectivity index (χ1v) is 6.93. The second-order valence-corrected chi connectivity index (χ2v) is 6.01. The average Bonchev–Trinajstić information content (AvgIpc) is 2.70. The average molecular weight is 306 g/mol. The van der Waals surface area contributed by atoms with E-state index in [4.69, 9.17) is 23.2 Å². The molecule has 1 aliphatic heterocycles. The van der Waals surface area contributed by atoms with Gasteiger partial charge in [0.1, 0.15) is 11.4 Å². The van der Waals surface area contributed by atoms with Gasteiger partial charge in [-0.2, -0.15) is 8.73 Å². The molecule has 0 unspecified atom stereocenters. The summed E-state index contributed by atoms with van der Waals surface area (Å²) in [7, 11) is 0. The van der Waals surface area contributed by atoms with Gasteiger partial charge < -0.3 is 10.4 Å². The van der Waals surface area contributed by atoms with Crippen molar-refractivity contribution in [2.24, 2.45) is 8.73 Å². The standard InChI is InChI=1S/C11H13Cl2N3OS/c1-11(2,17)3-4-14-8-6(12)5-7(13)9-10(8)16-18-15-9/h5,14,17H,3-4H2,1-2H3. The summed E-state index contributed by atoms with van der Waals surface area (Å²) >= 11 is 13.3. The maximum atomic E-state index is 9.66. The van der Waals surface area contributed by atoms with Crippen molar-refractivity contribution in [3.8, 4) is 0 Å². The van der Waals surface area contributed by atoms with Crippen molar-refractivity contribution in [2.45, 2.75) is 25.9 Å². The summed E-state index contributed by atoms with van der Waals surface area (Å²) in [5, 5.41) is 13.8. The number of hydrogen-bond donors (Lipinski definition) is 2. The van der Waals surface area contributed by atoms with Crippen LogP contribution >= 0.6 is 23.2 Å². The van der Waals surface area contributed by atoms with Gasteiger partial charge in [0.15, 0.2) is 0 Å². The Morgan fingerprint density at radius 1 is 1.28 bits per heavy atom. The molecule has 18 heavy (non-hydrogen) atoms. The number of aliphatic hydroxyl groups is 1. The van der Waals surface area contributed by atoms with Crippen molar-refractivity contribution in [3.05, 3.63) is 16.1 Å². The fraction of sp³-hybridized carbons (Fsp3) is 0.455. The van der Waals surface area contributed by atoms with Crippen LogP contribution in [-0.2, 0) is 11.4 Å². The number of anilines is 1. The highest BCUT2D eigenvalue weighted by Crippen LogP contribution is 2.47. The minimum Gasteiger partial charge on any atom is -0.390 e. The molecule has 1 aliphatic rings. The number of benzene rings is 1. The lowest BCUT2D eigenvalue weighted by atomic mass is 10.1. The van der Waals surface area contributed by atoms with E-state index in [-0.39, 0.29) is 0 Å². The molecule has 2 rings (SSSR count). The lowest BCUT2D eigenvalue weighted by molar-refractivity contribution is 0.0749. The van der Waals surface area contributed by atoms with Gasteiger partial charge in [0.2, 0.25) is 0 Å². The van der Waals surface area contributed by atoms with Crippen LogP contribution in [-0.4, -0.2) is 17.3 Å². The lowest BCUT2D eigenvalue weighted by Crippen LogP contribution is -2.22. The Morgan fingerprint density at radius 2 is 1.94 bits per heavy atom. The molecule has 0 saturated carbocycles. The topological polar surface area (TPSA) is 57.0 Å². The molecule has 1 aromatic rings. The second kappa shape index (κ2) is 5.17. The van der Waals surface area contributed by atoms with E-state index in [1.807, 2.05) is 0 Å². The molecule has 1 aromatic carbocycles. The molecule has 2 N–H and O–H groups in total. The molecule has 0 aliphatic carbocycles. The molecule has 0 spiro atoms. The number of nitrogens with zero attached hydrogens (tertiary/aromatic N) is 2. The molecule has 0 fully saturated rings. The van der Waals surface area contributed by atoms with E-state index in [9.17, 15) is 5.11 Å². The van der Waals surface area contributed by atoms with Crippen molar-refractivity contribution in [1.29, 1.82) is 0 Å². The highest BCUT2D eigenvalue weighted by atomic mass is 35.5. The smallest absolute Gasteiger partial charge is 0.130 e. The van der Waals surface area contributed by atoms with Crippen molar-refractivity contribution in [3.63, 3.8) is 0 Å². The van der Waals surface area contributed by atoms with Gasteiger partial charge in [0.25, 0.3) is 0 Å². The minimum atomic E-state index is -0.717. The first kappa shape index (κ1) is 13.8. The van der Waals surface area contributed by atoms with Crippen LogP contribution in [0.2, 0.25) is 10.0 Å². The van der Waals surface area contributed by atoms with Crippen LogP contribution in [0.1, 0.15) is 20.3 Å². The van der Waals surface area contributed by atoms with Gasteiger partial charge in [-0.05, 0) is 26.3 Å². The highest BCUT2D eigenvalue weighted by molar-refractivity contribution is 7.58. The normalized spacial score (nSPS) is 13.4. The molecule has 4 nitrogen and oxygen atoms in total. The van der Waals surface area contributed by atoms with Gasteiger partial charge in [0.05, 0.1) is 32.7 Å². The summed E-state index contributed by atoms with van der Waals surface area (Å²) in [5.41, 5.74) is 1.32. The van der Waals surface area contributed by atoms with Crippen LogP contribution in [0.15, 0.2) is 14.8 Å². The number of fused-ring (bicyclic) bond motifs is 1. The molecule has 0 radical (unpaired) electrons. The second-order valence-electron chi connectivity index (χ2n) is 4.67. The molecule has 7 heteroatoms. The van der Waals surface area contributed by atoms with E-state index in [2.05, 4.69) is 14.0 Å². The van der Waals surface area contributed by atoms with Gasteiger partial charge in [-0.25, -0.2) is 0 Å². The molecule has 98 valence electrons. The van der Waals surface area contributed by atoms with Crippen molar-refractivity contribution in [2.75, 3.05) is 11.9 Å². The predicted octanol–water partition coefficient (Wildman–Crippen LogP) is 4.29. The van der Waals surface area contributed by atoms with E-state index >= 15 is 0 Å². The summed E-state index contributed by atoms with van der Waals surface area (Å²) in [6.45, 7) is 4.12. The van der Waals surface area contributed by atoms with Gasteiger partial charge in [-0.1, -0.05) is 23.2 Å². The van der Waals surface area contributed by atoms with Crippen LogP contribution in [0, 0.1) is 0 Å². The number of hydrogen-bond acceptors (Lipinski definition) is 4. The largest absolute Gasteiger partial charge is 0.390 e. The number of nitrogens with one attached hydrogen (secondary N) is 1. The Balaban J connectivity index is 2.20. The monoisotopic (exact) mass is 305 g/mol. The zero-order valence-electron chi connectivity index (χ0n) is 10.00. The van der Waals surface area contributed by atoms with Gasteiger partial charge in [-0.3, -0.25) is 0 Å². The summed E-state index contributed by atoms with van der Waals surface area (Å²) in [6, 6.07) is 1.65. The Bertz CT molecular complexity index is 548. The summed E-state index contributed by atoms with van der Waals surface area (Å²) in [4.78, 5) is 0. The van der Waals surface area contributed by atoms with Crippen LogP contribution < -0.4 is 5.32 Å². The molecule has 0 saturated heterocycles. The first-order chi connectivity index (χ1) is 8.38. The summed E-state index contributed by atoms with van der Waals surface area (Å²) < 4.78 is 8.32. The van der Waals surface area contributed by atoms with Crippen LogP contribution in [0.3, 0.4) is 0 Å². The minimum absolute atomic E-state index is 0.497. The van der Waals surface area contributed by atoms with E-state index in [0.717, 1.165) is 11.4 Å². The molecule has 0 aromatic heterocycles. The van der Waals surface area contributed by atoms with Crippen LogP contribution in [0.25, 0.3) is 0 Å². The van der Waals surface area contributed by atoms with Gasteiger partial charge in [0, 0.05) is 6.54 Å². The molecular formula is C11H13Cl2N3OS. The third kappa shape index (κ3) is 3.03. The van der Waals surface area contributed by atoms with Crippen molar-refractivity contribution in [1.82, 2.24) is 0 Å². The predicted molar refractivity (Wildman–Crippen MR) is 77.4 cm³/mol. The van der Waals surface area contributed by atoms with Crippen molar-refractivity contribution >= 4 is 51.6 Å². The van der Waals surface area contributed by atoms with Gasteiger partial charge >= 0.3 is 0 Å². The molecule has 1 heterocycles. The SMILES string of the molecule is CC(C)(O)CCNc1c(Cl)cc(Cl)c2c1N=S=N2. The Kier molecular flexibility index (Phi) is 3.96. The maximum absolute atomic E-state index is 9.66. The third-order valence-corrected chi connectivity index (χ3v) is 3.60. The number of halogens is 2. The Labute approximate surface area is 119 Å². The molecule has 0 atom stereocenters. The van der Waals surface area contributed by atoms with Crippen LogP contribution in [0.4, 0.5) is 17.1 Å². The van der Waals surface area contributed by atoms with E-state index in [1.165, 1.54) is 0 Å². The Hall–Kier alpha value is -0.620. The fourth-order valence-corrected chi connectivity index (χ4v) is 2.71. The van der Waals surface area contributed by atoms with Crippen LogP contribution in [0.5, 0.6) is 0 Å². The third-order valence-electron chi connectivity index (χ3n) is 2.48. The van der Waals surface area contributed by atoms with E-state index in [1.54, 1.807) is 19.9 Å². The first-order valence-electron chi connectivity index (χ1n) is 5.45. The molecular weight excluding hydrogens is 293 g/mol. The highest BCUT2D eigenvalue weighted by Gasteiger charge is 2.19. The fourth-order valence-electron chi connectivity index (χ4n) is 1.54. The lowest BCUT2D eigenvalue weighted by Gasteiger charge is -2.18.